The van der Waals surface area contributed by atoms with Gasteiger partial charge in [0, 0.05) is 54.2 Å². The van der Waals surface area contributed by atoms with Gasteiger partial charge in [0.05, 0.1) is 13.2 Å². The molecule has 0 aliphatic carbocycles. The number of hydrogen-bond acceptors (Lipinski definition) is 6. The molecule has 0 saturated carbocycles. The number of ether oxygens (including phenoxy) is 2. The van der Waals surface area contributed by atoms with E-state index in [4.69, 9.17) is 9.47 Å². The number of benzene rings is 2. The normalized spacial score (nSPS) is 14.6. The molecule has 4 aromatic rings. The van der Waals surface area contributed by atoms with Gasteiger partial charge in [0.2, 0.25) is 11.8 Å². The molecular formula is C24H24FN5O2. The van der Waals surface area contributed by atoms with Crippen molar-refractivity contribution in [1.82, 2.24) is 19.9 Å². The number of aryl methyl sites for hydroxylation is 1. The number of hydrogen-bond donors (Lipinski definition) is 2. The first-order valence-electron chi connectivity index (χ1n) is 10.6. The number of anilines is 2. The maximum absolute atomic E-state index is 14.8. The smallest absolute Gasteiger partial charge is 0.230 e. The van der Waals surface area contributed by atoms with Crippen molar-refractivity contribution in [3.63, 3.8) is 0 Å². The van der Waals surface area contributed by atoms with Crippen molar-refractivity contribution in [2.75, 3.05) is 31.6 Å². The number of aromatic amines is 1. The van der Waals surface area contributed by atoms with E-state index < -0.39 is 5.82 Å². The Morgan fingerprint density at radius 1 is 1.16 bits per heavy atom. The van der Waals surface area contributed by atoms with Crippen LogP contribution >= 0.6 is 0 Å². The third kappa shape index (κ3) is 4.56. The van der Waals surface area contributed by atoms with Crippen molar-refractivity contribution in [3.05, 3.63) is 71.8 Å². The topological polar surface area (TPSA) is 75.3 Å². The molecule has 164 valence electrons. The molecule has 0 amide bonds. The summed E-state index contributed by atoms with van der Waals surface area (Å²) < 4.78 is 26.0. The number of rotatable bonds is 6. The lowest BCUT2D eigenvalue weighted by Gasteiger charge is -2.26. The molecule has 32 heavy (non-hydrogen) atoms. The fourth-order valence-corrected chi connectivity index (χ4v) is 3.83. The van der Waals surface area contributed by atoms with Crippen LogP contribution in [0.3, 0.4) is 0 Å². The molecule has 2 aromatic heterocycles. The second kappa shape index (κ2) is 8.94. The lowest BCUT2D eigenvalue weighted by atomic mass is 10.2. The van der Waals surface area contributed by atoms with E-state index in [1.54, 1.807) is 30.5 Å². The first-order valence-corrected chi connectivity index (χ1v) is 10.6. The van der Waals surface area contributed by atoms with E-state index in [2.05, 4.69) is 37.3 Å². The maximum atomic E-state index is 14.8. The zero-order valence-electron chi connectivity index (χ0n) is 17.8. The maximum Gasteiger partial charge on any atom is 0.230 e. The SMILES string of the molecule is Cc1cc2c(F)c(Oc3ccnc(Nc4cccc(CN5CCOCC5)c4)n3)ccc2[nH]1. The first kappa shape index (κ1) is 20.4. The summed E-state index contributed by atoms with van der Waals surface area (Å²) in [6, 6.07) is 14.9. The van der Waals surface area contributed by atoms with E-state index in [9.17, 15) is 4.39 Å². The minimum Gasteiger partial charge on any atom is -0.436 e. The molecule has 5 rings (SSSR count). The van der Waals surface area contributed by atoms with Crippen LogP contribution < -0.4 is 10.1 Å². The van der Waals surface area contributed by atoms with E-state index in [0.717, 1.165) is 49.7 Å². The minimum absolute atomic E-state index is 0.119. The van der Waals surface area contributed by atoms with Gasteiger partial charge in [-0.15, -0.1) is 0 Å². The van der Waals surface area contributed by atoms with Gasteiger partial charge in [0.1, 0.15) is 0 Å². The third-order valence-corrected chi connectivity index (χ3v) is 5.37. The summed E-state index contributed by atoms with van der Waals surface area (Å²) in [5, 5.41) is 3.70. The fourth-order valence-electron chi connectivity index (χ4n) is 3.83. The number of fused-ring (bicyclic) bond motifs is 1. The zero-order chi connectivity index (χ0) is 21.9. The standard InChI is InChI=1S/C24H24FN5O2/c1-16-13-19-20(27-16)5-6-21(23(19)25)32-22-7-8-26-24(29-22)28-18-4-2-3-17(14-18)15-30-9-11-31-12-10-30/h2-8,13-14,27H,9-12,15H2,1H3,(H,26,28,29). The molecular weight excluding hydrogens is 409 g/mol. The zero-order valence-corrected chi connectivity index (χ0v) is 17.8. The van der Waals surface area contributed by atoms with E-state index in [-0.39, 0.29) is 11.6 Å². The van der Waals surface area contributed by atoms with Crippen molar-refractivity contribution in [3.8, 4) is 11.6 Å². The molecule has 0 spiro atoms. The van der Waals surface area contributed by atoms with Gasteiger partial charge in [-0.05, 0) is 42.8 Å². The van der Waals surface area contributed by atoms with Gasteiger partial charge in [-0.2, -0.15) is 4.98 Å². The number of nitrogens with one attached hydrogen (secondary N) is 2. The highest BCUT2D eigenvalue weighted by atomic mass is 19.1. The van der Waals surface area contributed by atoms with Crippen LogP contribution in [-0.2, 0) is 11.3 Å². The molecule has 0 unspecified atom stereocenters. The minimum atomic E-state index is -0.421. The van der Waals surface area contributed by atoms with Crippen molar-refractivity contribution < 1.29 is 13.9 Å². The van der Waals surface area contributed by atoms with Crippen LogP contribution in [0.2, 0.25) is 0 Å². The quantitative estimate of drug-likeness (QED) is 0.456. The van der Waals surface area contributed by atoms with Gasteiger partial charge in [-0.3, -0.25) is 4.90 Å². The Morgan fingerprint density at radius 2 is 2.03 bits per heavy atom. The Kier molecular flexibility index (Phi) is 5.70. The Hall–Kier alpha value is -3.49. The number of nitrogens with zero attached hydrogens (tertiary/aromatic N) is 3. The summed E-state index contributed by atoms with van der Waals surface area (Å²) in [6.07, 6.45) is 1.58. The fraction of sp³-hybridized carbons (Fsp3) is 0.250. The number of H-pyrrole nitrogens is 1. The monoisotopic (exact) mass is 433 g/mol. The largest absolute Gasteiger partial charge is 0.436 e. The third-order valence-electron chi connectivity index (χ3n) is 5.37. The summed E-state index contributed by atoms with van der Waals surface area (Å²) in [7, 11) is 0. The van der Waals surface area contributed by atoms with Gasteiger partial charge >= 0.3 is 0 Å². The number of halogens is 1. The van der Waals surface area contributed by atoms with E-state index >= 15 is 0 Å². The Balaban J connectivity index is 1.30. The molecule has 7 nitrogen and oxygen atoms in total. The molecule has 1 fully saturated rings. The van der Waals surface area contributed by atoms with Crippen LogP contribution in [-0.4, -0.2) is 46.2 Å². The molecule has 0 atom stereocenters. The van der Waals surface area contributed by atoms with E-state index in [1.165, 1.54) is 5.56 Å². The second-order valence-electron chi connectivity index (χ2n) is 7.83. The molecule has 8 heteroatoms. The van der Waals surface area contributed by atoms with Gasteiger partial charge < -0.3 is 19.8 Å². The summed E-state index contributed by atoms with van der Waals surface area (Å²) >= 11 is 0. The van der Waals surface area contributed by atoms with Crippen molar-refractivity contribution in [2.45, 2.75) is 13.5 Å². The van der Waals surface area contributed by atoms with Crippen LogP contribution in [0.25, 0.3) is 10.9 Å². The van der Waals surface area contributed by atoms with E-state index in [1.807, 2.05) is 19.1 Å². The summed E-state index contributed by atoms with van der Waals surface area (Å²) in [5.41, 5.74) is 3.69. The highest BCUT2D eigenvalue weighted by molar-refractivity contribution is 5.82. The average molecular weight is 433 g/mol. The van der Waals surface area contributed by atoms with Gasteiger partial charge in [0.25, 0.3) is 0 Å². The summed E-state index contributed by atoms with van der Waals surface area (Å²) in [5.74, 6) is 0.340. The predicted molar refractivity (Wildman–Crippen MR) is 121 cm³/mol. The molecule has 1 aliphatic heterocycles. The highest BCUT2D eigenvalue weighted by Gasteiger charge is 2.13. The number of aromatic nitrogens is 3. The number of morpholine rings is 1. The van der Waals surface area contributed by atoms with Gasteiger partial charge in [-0.25, -0.2) is 9.37 Å². The lowest BCUT2D eigenvalue weighted by molar-refractivity contribution is 0.0342. The van der Waals surface area contributed by atoms with Crippen LogP contribution in [0.5, 0.6) is 11.6 Å². The van der Waals surface area contributed by atoms with Crippen LogP contribution in [0.15, 0.2) is 54.7 Å². The second-order valence-corrected chi connectivity index (χ2v) is 7.83. The Morgan fingerprint density at radius 3 is 2.91 bits per heavy atom. The Labute approximate surface area is 185 Å². The molecule has 1 saturated heterocycles. The molecule has 1 aliphatic rings. The van der Waals surface area contributed by atoms with Gasteiger partial charge in [-0.1, -0.05) is 12.1 Å². The molecule has 2 N–H and O–H groups in total. The predicted octanol–water partition coefficient (Wildman–Crippen LogP) is 4.77. The summed E-state index contributed by atoms with van der Waals surface area (Å²) in [6.45, 7) is 6.17. The molecule has 0 radical (unpaired) electrons. The van der Waals surface area contributed by atoms with Crippen LogP contribution in [0.1, 0.15) is 11.3 Å². The Bertz CT molecular complexity index is 1240. The van der Waals surface area contributed by atoms with Crippen LogP contribution in [0, 0.1) is 12.7 Å². The van der Waals surface area contributed by atoms with Crippen LogP contribution in [0.4, 0.5) is 16.0 Å². The molecule has 2 aromatic carbocycles. The van der Waals surface area contributed by atoms with Crippen molar-refractivity contribution >= 4 is 22.5 Å². The van der Waals surface area contributed by atoms with Crippen molar-refractivity contribution in [2.24, 2.45) is 0 Å². The van der Waals surface area contributed by atoms with Gasteiger partial charge in [0.15, 0.2) is 11.6 Å². The van der Waals surface area contributed by atoms with E-state index in [0.29, 0.717) is 11.3 Å². The molecule has 0 bridgehead atoms. The lowest BCUT2D eigenvalue weighted by Crippen LogP contribution is -2.35. The van der Waals surface area contributed by atoms with Crippen molar-refractivity contribution in [1.29, 1.82) is 0 Å². The highest BCUT2D eigenvalue weighted by Crippen LogP contribution is 2.30. The summed E-state index contributed by atoms with van der Waals surface area (Å²) in [4.78, 5) is 14.1. The molecule has 3 heterocycles. The first-order chi connectivity index (χ1) is 15.6. The average Bonchev–Trinajstić information content (AvgIpc) is 3.18.